The maximum absolute atomic E-state index is 13.7. The Kier molecular flexibility index (Phi) is 6.93. The number of fused-ring (bicyclic) bond motifs is 1. The molecule has 0 bridgehead atoms. The van der Waals surface area contributed by atoms with Crippen LogP contribution in [-0.4, -0.2) is 54.5 Å². The van der Waals surface area contributed by atoms with Gasteiger partial charge in [-0.2, -0.15) is 5.10 Å². The summed E-state index contributed by atoms with van der Waals surface area (Å²) >= 11 is 3.60. The van der Waals surface area contributed by atoms with E-state index in [-0.39, 0.29) is 17.5 Å². The predicted molar refractivity (Wildman–Crippen MR) is 151 cm³/mol. The Bertz CT molecular complexity index is 1560. The van der Waals surface area contributed by atoms with Crippen LogP contribution in [0.2, 0.25) is 0 Å². The molecule has 8 heteroatoms. The zero-order chi connectivity index (χ0) is 26.1. The number of carbonyl (C=O) groups excluding carboxylic acids is 1. The average molecular weight is 572 g/mol. The summed E-state index contributed by atoms with van der Waals surface area (Å²) in [6.45, 7) is 3.24. The van der Waals surface area contributed by atoms with Crippen LogP contribution in [0, 0.1) is 0 Å². The third kappa shape index (κ3) is 4.82. The van der Waals surface area contributed by atoms with Crippen LogP contribution in [0.15, 0.2) is 93.2 Å². The minimum absolute atomic E-state index is 0.0491. The number of amides is 1. The van der Waals surface area contributed by atoms with Crippen molar-refractivity contribution in [1.29, 1.82) is 0 Å². The van der Waals surface area contributed by atoms with Gasteiger partial charge >= 0.3 is 0 Å². The lowest BCUT2D eigenvalue weighted by molar-refractivity contribution is -0.900. The van der Waals surface area contributed by atoms with E-state index >= 15 is 0 Å². The van der Waals surface area contributed by atoms with Crippen LogP contribution in [0.4, 0.5) is 0 Å². The van der Waals surface area contributed by atoms with Gasteiger partial charge in [-0.3, -0.25) is 9.59 Å². The topological polar surface area (TPSA) is 79.2 Å². The number of benzene rings is 3. The normalized spacial score (nSPS) is 18.1. The number of nitrogens with zero attached hydrogens (tertiary/aromatic N) is 2. The number of hydrazone groups is 1. The molecule has 38 heavy (non-hydrogen) atoms. The fraction of sp³-hybridized carbons (Fsp3) is 0.233. The van der Waals surface area contributed by atoms with Crippen molar-refractivity contribution in [2.75, 3.05) is 32.8 Å². The van der Waals surface area contributed by atoms with Gasteiger partial charge in [-0.05, 0) is 29.3 Å². The number of pyridine rings is 1. The molecule has 0 saturated carbocycles. The van der Waals surface area contributed by atoms with Crippen LogP contribution in [0.5, 0.6) is 0 Å². The number of aromatic amines is 1. The molecule has 4 aromatic rings. The van der Waals surface area contributed by atoms with Crippen molar-refractivity contribution in [3.8, 4) is 11.1 Å². The number of ether oxygens (including phenoxy) is 1. The van der Waals surface area contributed by atoms with Gasteiger partial charge in [0.1, 0.15) is 13.1 Å². The van der Waals surface area contributed by atoms with Crippen molar-refractivity contribution < 1.29 is 14.4 Å². The molecule has 0 unspecified atom stereocenters. The summed E-state index contributed by atoms with van der Waals surface area (Å²) in [4.78, 5) is 31.6. The number of morpholine rings is 1. The standard InChI is InChI=1S/C30H27BrN4O3/c31-22-11-12-24-23(17-22)28(21-9-5-2-6-10-21)29(30(37)32-24)25-18-26(20-7-3-1-4-8-20)35(33-25)27(36)19-34-13-15-38-16-14-34/h1-12,17,26H,13-16,18-19H2,(H,32,37)/p+1/t26-/m0/s1. The van der Waals surface area contributed by atoms with E-state index in [4.69, 9.17) is 9.84 Å². The fourth-order valence-corrected chi connectivity index (χ4v) is 5.76. The molecule has 1 saturated heterocycles. The second kappa shape index (κ2) is 10.6. The van der Waals surface area contributed by atoms with Gasteiger partial charge in [0.25, 0.3) is 11.5 Å². The second-order valence-corrected chi connectivity index (χ2v) is 10.6. The Labute approximate surface area is 228 Å². The zero-order valence-electron chi connectivity index (χ0n) is 20.8. The molecule has 0 aliphatic carbocycles. The number of rotatable bonds is 5. The van der Waals surface area contributed by atoms with E-state index in [0.29, 0.717) is 37.5 Å². The lowest BCUT2D eigenvalue weighted by atomic mass is 9.91. The predicted octanol–water partition coefficient (Wildman–Crippen LogP) is 3.55. The van der Waals surface area contributed by atoms with Crippen LogP contribution in [0.3, 0.4) is 0 Å². The molecule has 2 aliphatic heterocycles. The van der Waals surface area contributed by atoms with E-state index in [1.165, 1.54) is 4.90 Å². The Balaban J connectivity index is 1.49. The van der Waals surface area contributed by atoms with Gasteiger partial charge in [-0.1, -0.05) is 76.6 Å². The number of quaternary nitrogens is 1. The summed E-state index contributed by atoms with van der Waals surface area (Å²) in [6, 6.07) is 25.4. The first kappa shape index (κ1) is 24.7. The van der Waals surface area contributed by atoms with Crippen molar-refractivity contribution >= 4 is 38.5 Å². The largest absolute Gasteiger partial charge is 0.370 e. The summed E-state index contributed by atoms with van der Waals surface area (Å²) in [5.74, 6) is -0.0491. The number of hydrogen-bond acceptors (Lipinski definition) is 4. The molecule has 1 atom stereocenters. The highest BCUT2D eigenvalue weighted by Gasteiger charge is 2.36. The van der Waals surface area contributed by atoms with Crippen molar-refractivity contribution in [3.63, 3.8) is 0 Å². The minimum atomic E-state index is -0.277. The Hall–Kier alpha value is -3.59. The van der Waals surface area contributed by atoms with Gasteiger partial charge in [0, 0.05) is 27.4 Å². The summed E-state index contributed by atoms with van der Waals surface area (Å²) < 4.78 is 6.39. The quantitative estimate of drug-likeness (QED) is 0.384. The molecule has 2 N–H and O–H groups in total. The van der Waals surface area contributed by atoms with Crippen LogP contribution in [0.25, 0.3) is 22.0 Å². The molecule has 1 amide bonds. The first-order valence-electron chi connectivity index (χ1n) is 12.9. The van der Waals surface area contributed by atoms with E-state index in [1.54, 1.807) is 5.01 Å². The molecular weight excluding hydrogens is 544 g/mol. The van der Waals surface area contributed by atoms with Gasteiger partial charge in [0.2, 0.25) is 0 Å². The maximum atomic E-state index is 13.7. The van der Waals surface area contributed by atoms with Crippen LogP contribution in [-0.2, 0) is 9.53 Å². The smallest absolute Gasteiger partial charge is 0.298 e. The lowest BCUT2D eigenvalue weighted by Crippen LogP contribution is -3.15. The van der Waals surface area contributed by atoms with Crippen molar-refractivity contribution in [3.05, 3.63) is 105 Å². The zero-order valence-corrected chi connectivity index (χ0v) is 22.4. The highest BCUT2D eigenvalue weighted by Crippen LogP contribution is 2.37. The molecular formula is C30H28BrN4O3+. The lowest BCUT2D eigenvalue weighted by Gasteiger charge is -2.27. The monoisotopic (exact) mass is 571 g/mol. The van der Waals surface area contributed by atoms with E-state index in [1.807, 2.05) is 78.9 Å². The Morgan fingerprint density at radius 3 is 2.45 bits per heavy atom. The van der Waals surface area contributed by atoms with Crippen molar-refractivity contribution in [1.82, 2.24) is 9.99 Å². The number of nitrogens with one attached hydrogen (secondary N) is 2. The number of carbonyl (C=O) groups is 1. The number of halogens is 1. The molecule has 2 aliphatic rings. The highest BCUT2D eigenvalue weighted by molar-refractivity contribution is 9.10. The molecule has 3 heterocycles. The number of hydrogen-bond donors (Lipinski definition) is 2. The summed E-state index contributed by atoms with van der Waals surface area (Å²) in [6.07, 6.45) is 0.455. The van der Waals surface area contributed by atoms with Crippen LogP contribution < -0.4 is 10.5 Å². The number of H-pyrrole nitrogens is 1. The van der Waals surface area contributed by atoms with Crippen molar-refractivity contribution in [2.45, 2.75) is 12.5 Å². The highest BCUT2D eigenvalue weighted by atomic mass is 79.9. The number of aromatic nitrogens is 1. The molecule has 7 nitrogen and oxygen atoms in total. The maximum Gasteiger partial charge on any atom is 0.298 e. The van der Waals surface area contributed by atoms with Gasteiger partial charge in [-0.15, -0.1) is 0 Å². The fourth-order valence-electron chi connectivity index (χ4n) is 5.40. The minimum Gasteiger partial charge on any atom is -0.370 e. The molecule has 0 spiro atoms. The summed E-state index contributed by atoms with van der Waals surface area (Å²) in [5, 5.41) is 7.40. The van der Waals surface area contributed by atoms with E-state index in [9.17, 15) is 9.59 Å². The summed E-state index contributed by atoms with van der Waals surface area (Å²) in [7, 11) is 0. The molecule has 0 radical (unpaired) electrons. The van der Waals surface area contributed by atoms with Gasteiger partial charge in [-0.25, -0.2) is 5.01 Å². The SMILES string of the molecule is O=C(C[NH+]1CCOCC1)N1N=C(c2c(-c3ccccc3)c3cc(Br)ccc3[nH]c2=O)C[C@H]1c1ccccc1. The second-order valence-electron chi connectivity index (χ2n) is 9.71. The van der Waals surface area contributed by atoms with Crippen molar-refractivity contribution in [2.24, 2.45) is 5.10 Å². The van der Waals surface area contributed by atoms with Crippen LogP contribution in [0.1, 0.15) is 23.6 Å². The summed E-state index contributed by atoms with van der Waals surface area (Å²) in [5.41, 5.74) is 4.42. The molecule has 1 aromatic heterocycles. The molecule has 6 rings (SSSR count). The molecule has 3 aromatic carbocycles. The average Bonchev–Trinajstić information content (AvgIpc) is 3.39. The first-order chi connectivity index (χ1) is 18.6. The Morgan fingerprint density at radius 2 is 1.71 bits per heavy atom. The Morgan fingerprint density at radius 1 is 1.00 bits per heavy atom. The third-order valence-electron chi connectivity index (χ3n) is 7.28. The van der Waals surface area contributed by atoms with Crippen LogP contribution >= 0.6 is 15.9 Å². The van der Waals surface area contributed by atoms with E-state index in [2.05, 4.69) is 20.9 Å². The van der Waals surface area contributed by atoms with E-state index in [0.717, 1.165) is 45.2 Å². The molecule has 192 valence electrons. The van der Waals surface area contributed by atoms with Gasteiger partial charge < -0.3 is 14.6 Å². The van der Waals surface area contributed by atoms with E-state index < -0.39 is 0 Å². The van der Waals surface area contributed by atoms with Gasteiger partial charge in [0.15, 0.2) is 6.54 Å². The third-order valence-corrected chi connectivity index (χ3v) is 7.77. The van der Waals surface area contributed by atoms with Gasteiger partial charge in [0.05, 0.1) is 30.5 Å². The first-order valence-corrected chi connectivity index (χ1v) is 13.6. The molecule has 1 fully saturated rings.